The van der Waals surface area contributed by atoms with Crippen LogP contribution in [0.25, 0.3) is 11.6 Å². The molecule has 1 heterocycles. The second-order valence-corrected chi connectivity index (χ2v) is 5.76. The lowest BCUT2D eigenvalue weighted by Crippen LogP contribution is -2.01. The van der Waals surface area contributed by atoms with Crippen LogP contribution in [-0.4, -0.2) is 9.55 Å². The number of hydrogen-bond donors (Lipinski definition) is 0. The van der Waals surface area contributed by atoms with Gasteiger partial charge < -0.3 is 4.57 Å². The summed E-state index contributed by atoms with van der Waals surface area (Å²) >= 11 is 0. The van der Waals surface area contributed by atoms with Gasteiger partial charge in [0, 0.05) is 18.4 Å². The quantitative estimate of drug-likeness (QED) is 0.676. The van der Waals surface area contributed by atoms with Gasteiger partial charge in [-0.1, -0.05) is 24.3 Å². The van der Waals surface area contributed by atoms with Gasteiger partial charge in [-0.15, -0.1) is 0 Å². The van der Waals surface area contributed by atoms with E-state index in [-0.39, 0.29) is 0 Å². The summed E-state index contributed by atoms with van der Waals surface area (Å²) in [7, 11) is 0. The molecule has 0 spiro atoms. The van der Waals surface area contributed by atoms with Crippen LogP contribution in [0.5, 0.6) is 0 Å². The van der Waals surface area contributed by atoms with Gasteiger partial charge in [0.1, 0.15) is 0 Å². The molecule has 0 saturated carbocycles. The monoisotopic (exact) mass is 324 g/mol. The van der Waals surface area contributed by atoms with E-state index in [1.54, 1.807) is 0 Å². The van der Waals surface area contributed by atoms with Crippen LogP contribution in [0.2, 0.25) is 0 Å². The fourth-order valence-corrected chi connectivity index (χ4v) is 2.57. The second kappa shape index (κ2) is 7.29. The van der Waals surface area contributed by atoms with Crippen molar-refractivity contribution in [2.24, 2.45) is 0 Å². The third-order valence-corrected chi connectivity index (χ3v) is 4.03. The SMILES string of the molecule is Cc1cncn1C/C(=C\c1ccc(C#N)cc1)c1ccc(C#N)cc1. The molecule has 4 heteroatoms. The van der Waals surface area contributed by atoms with E-state index < -0.39 is 0 Å². The van der Waals surface area contributed by atoms with E-state index in [9.17, 15) is 0 Å². The summed E-state index contributed by atoms with van der Waals surface area (Å²) in [6.07, 6.45) is 5.74. The molecule has 1 aromatic heterocycles. The van der Waals surface area contributed by atoms with Crippen molar-refractivity contribution < 1.29 is 0 Å². The average Bonchev–Trinajstić information content (AvgIpc) is 3.06. The maximum atomic E-state index is 8.99. The van der Waals surface area contributed by atoms with Crippen LogP contribution in [0.3, 0.4) is 0 Å². The third kappa shape index (κ3) is 3.83. The Morgan fingerprint density at radius 3 is 2.12 bits per heavy atom. The van der Waals surface area contributed by atoms with Gasteiger partial charge in [-0.2, -0.15) is 10.5 Å². The lowest BCUT2D eigenvalue weighted by atomic mass is 10.0. The molecule has 0 aliphatic heterocycles. The van der Waals surface area contributed by atoms with E-state index in [0.717, 1.165) is 22.4 Å². The number of imidazole rings is 1. The third-order valence-electron chi connectivity index (χ3n) is 4.03. The van der Waals surface area contributed by atoms with Crippen LogP contribution < -0.4 is 0 Å². The van der Waals surface area contributed by atoms with E-state index in [0.29, 0.717) is 17.7 Å². The molecular formula is C21H16N4. The Balaban J connectivity index is 2.00. The van der Waals surface area contributed by atoms with Crippen molar-refractivity contribution in [3.63, 3.8) is 0 Å². The second-order valence-electron chi connectivity index (χ2n) is 5.76. The van der Waals surface area contributed by atoms with Crippen LogP contribution in [-0.2, 0) is 6.54 Å². The zero-order chi connectivity index (χ0) is 17.6. The van der Waals surface area contributed by atoms with E-state index in [1.165, 1.54) is 0 Å². The predicted molar refractivity (Wildman–Crippen MR) is 97.1 cm³/mol. The molecular weight excluding hydrogens is 308 g/mol. The van der Waals surface area contributed by atoms with Crippen molar-refractivity contribution in [1.29, 1.82) is 10.5 Å². The summed E-state index contributed by atoms with van der Waals surface area (Å²) in [6.45, 7) is 2.70. The molecule has 0 bridgehead atoms. The van der Waals surface area contributed by atoms with Crippen molar-refractivity contribution in [2.75, 3.05) is 0 Å². The Morgan fingerprint density at radius 1 is 1.00 bits per heavy atom. The first-order chi connectivity index (χ1) is 12.2. The van der Waals surface area contributed by atoms with Crippen molar-refractivity contribution in [3.8, 4) is 12.1 Å². The highest BCUT2D eigenvalue weighted by Crippen LogP contribution is 2.22. The zero-order valence-electron chi connectivity index (χ0n) is 13.8. The van der Waals surface area contributed by atoms with Gasteiger partial charge in [-0.25, -0.2) is 4.98 Å². The van der Waals surface area contributed by atoms with Crippen LogP contribution in [0.1, 0.15) is 27.9 Å². The van der Waals surface area contributed by atoms with Gasteiger partial charge in [0.05, 0.1) is 29.6 Å². The summed E-state index contributed by atoms with van der Waals surface area (Å²) < 4.78 is 2.08. The van der Waals surface area contributed by atoms with Crippen LogP contribution in [0.15, 0.2) is 61.1 Å². The molecule has 0 atom stereocenters. The van der Waals surface area contributed by atoms with Gasteiger partial charge in [-0.3, -0.25) is 0 Å². The standard InChI is InChI=1S/C21H16N4/c1-16-13-24-15-25(16)14-21(20-8-6-19(12-23)7-9-20)10-17-2-4-18(11-22)5-3-17/h2-10,13,15H,14H2,1H3/b21-10+. The molecule has 0 aliphatic rings. The first-order valence-electron chi connectivity index (χ1n) is 7.87. The zero-order valence-corrected chi connectivity index (χ0v) is 13.8. The summed E-state index contributed by atoms with van der Waals surface area (Å²) in [5, 5.41) is 17.9. The molecule has 0 fully saturated rings. The molecule has 2 aromatic carbocycles. The highest BCUT2D eigenvalue weighted by atomic mass is 15.0. The summed E-state index contributed by atoms with van der Waals surface area (Å²) in [5.74, 6) is 0. The van der Waals surface area contributed by atoms with E-state index in [2.05, 4.69) is 27.8 Å². The number of nitriles is 2. The number of benzene rings is 2. The lowest BCUT2D eigenvalue weighted by Gasteiger charge is -2.11. The van der Waals surface area contributed by atoms with E-state index >= 15 is 0 Å². The average molecular weight is 324 g/mol. The minimum absolute atomic E-state index is 0.639. The van der Waals surface area contributed by atoms with Crippen molar-refractivity contribution in [2.45, 2.75) is 13.5 Å². The Kier molecular flexibility index (Phi) is 4.74. The van der Waals surface area contributed by atoms with Crippen molar-refractivity contribution >= 4 is 11.6 Å². The fourth-order valence-electron chi connectivity index (χ4n) is 2.57. The molecule has 3 aromatic rings. The van der Waals surface area contributed by atoms with Crippen molar-refractivity contribution in [1.82, 2.24) is 9.55 Å². The van der Waals surface area contributed by atoms with Gasteiger partial charge in [-0.05, 0) is 54.0 Å². The Hall–Kier alpha value is -3.63. The summed E-state index contributed by atoms with van der Waals surface area (Å²) in [4.78, 5) is 4.18. The van der Waals surface area contributed by atoms with Crippen LogP contribution in [0.4, 0.5) is 0 Å². The number of nitrogens with zero attached hydrogens (tertiary/aromatic N) is 4. The van der Waals surface area contributed by atoms with Gasteiger partial charge in [0.25, 0.3) is 0 Å². The Bertz CT molecular complexity index is 978. The topological polar surface area (TPSA) is 65.4 Å². The normalized spacial score (nSPS) is 10.9. The summed E-state index contributed by atoms with van der Waals surface area (Å²) in [5.41, 5.74) is 5.55. The Morgan fingerprint density at radius 2 is 1.60 bits per heavy atom. The maximum absolute atomic E-state index is 8.99. The molecule has 0 N–H and O–H groups in total. The molecule has 0 radical (unpaired) electrons. The number of aromatic nitrogens is 2. The van der Waals surface area contributed by atoms with Crippen molar-refractivity contribution in [3.05, 3.63) is 89.0 Å². The molecule has 0 saturated heterocycles. The van der Waals surface area contributed by atoms with Gasteiger partial charge in [0.2, 0.25) is 0 Å². The molecule has 120 valence electrons. The first kappa shape index (κ1) is 16.2. The number of hydrogen-bond acceptors (Lipinski definition) is 3. The number of allylic oxidation sites excluding steroid dienone is 1. The molecule has 4 nitrogen and oxygen atoms in total. The minimum atomic E-state index is 0.639. The van der Waals surface area contributed by atoms with Gasteiger partial charge >= 0.3 is 0 Å². The smallest absolute Gasteiger partial charge is 0.0991 e. The largest absolute Gasteiger partial charge is 0.330 e. The van der Waals surface area contributed by atoms with E-state index in [1.807, 2.05) is 68.0 Å². The van der Waals surface area contributed by atoms with Crippen LogP contribution >= 0.6 is 0 Å². The summed E-state index contributed by atoms with van der Waals surface area (Å²) in [6, 6.07) is 19.3. The van der Waals surface area contributed by atoms with Crippen LogP contribution in [0, 0.1) is 29.6 Å². The first-order valence-corrected chi connectivity index (χ1v) is 7.87. The molecule has 0 amide bonds. The predicted octanol–water partition coefficient (Wildman–Crippen LogP) is 4.18. The van der Waals surface area contributed by atoms with Gasteiger partial charge in [0.15, 0.2) is 0 Å². The molecule has 3 rings (SSSR count). The van der Waals surface area contributed by atoms with E-state index in [4.69, 9.17) is 10.5 Å². The fraction of sp³-hybridized carbons (Fsp3) is 0.0952. The number of aryl methyl sites for hydroxylation is 1. The lowest BCUT2D eigenvalue weighted by molar-refractivity contribution is 0.805. The maximum Gasteiger partial charge on any atom is 0.0991 e. The highest BCUT2D eigenvalue weighted by Gasteiger charge is 2.06. The highest BCUT2D eigenvalue weighted by molar-refractivity contribution is 5.81. The number of rotatable bonds is 4. The molecule has 0 unspecified atom stereocenters. The Labute approximate surface area is 146 Å². The molecule has 25 heavy (non-hydrogen) atoms. The minimum Gasteiger partial charge on any atom is -0.330 e. The molecule has 0 aliphatic carbocycles.